The van der Waals surface area contributed by atoms with E-state index in [1.807, 2.05) is 6.92 Å². The number of amides is 4. The van der Waals surface area contributed by atoms with E-state index in [2.05, 4.69) is 10.6 Å². The van der Waals surface area contributed by atoms with Crippen molar-refractivity contribution in [1.82, 2.24) is 10.2 Å². The van der Waals surface area contributed by atoms with Gasteiger partial charge in [0.25, 0.3) is 11.8 Å². The molecule has 1 saturated heterocycles. The average Bonchev–Trinajstić information content (AvgIpc) is 2.85. The molecule has 0 spiro atoms. The van der Waals surface area contributed by atoms with Gasteiger partial charge in [0.2, 0.25) is 0 Å². The number of unbranched alkanes of at least 4 members (excludes halogenated alkanes) is 1. The SMILES string of the molecule is CCCC[C@@]1(C)NC(=O)N(CC(=O)O[C@@H](C)C(=O)Nc2ccccc2Cl)C1=O. The van der Waals surface area contributed by atoms with Crippen molar-refractivity contribution in [3.05, 3.63) is 29.3 Å². The van der Waals surface area contributed by atoms with Gasteiger partial charge in [-0.15, -0.1) is 0 Å². The molecule has 0 saturated carbocycles. The highest BCUT2D eigenvalue weighted by Crippen LogP contribution is 2.24. The summed E-state index contributed by atoms with van der Waals surface area (Å²) < 4.78 is 5.06. The van der Waals surface area contributed by atoms with Gasteiger partial charge in [-0.25, -0.2) is 4.79 Å². The Morgan fingerprint density at radius 1 is 1.32 bits per heavy atom. The molecule has 2 atom stereocenters. The number of halogens is 1. The molecule has 1 aromatic carbocycles. The van der Waals surface area contributed by atoms with E-state index in [-0.39, 0.29) is 0 Å². The van der Waals surface area contributed by atoms with E-state index in [0.717, 1.165) is 17.7 Å². The van der Waals surface area contributed by atoms with E-state index in [0.29, 0.717) is 17.1 Å². The maximum Gasteiger partial charge on any atom is 0.327 e. The number of nitrogens with zero attached hydrogens (tertiary/aromatic N) is 1. The van der Waals surface area contributed by atoms with Crippen molar-refractivity contribution in [2.45, 2.75) is 51.7 Å². The number of hydrogen-bond acceptors (Lipinski definition) is 5. The maximum atomic E-state index is 12.5. The smallest absolute Gasteiger partial charge is 0.327 e. The van der Waals surface area contributed by atoms with Crippen LogP contribution in [-0.2, 0) is 19.1 Å². The van der Waals surface area contributed by atoms with Crippen molar-refractivity contribution in [3.63, 3.8) is 0 Å². The minimum atomic E-state index is -1.13. The third kappa shape index (κ3) is 5.01. The lowest BCUT2D eigenvalue weighted by Gasteiger charge is -2.21. The van der Waals surface area contributed by atoms with Crippen LogP contribution < -0.4 is 10.6 Å². The first-order valence-electron chi connectivity index (χ1n) is 9.07. The number of benzene rings is 1. The van der Waals surface area contributed by atoms with Gasteiger partial charge in [-0.1, -0.05) is 43.5 Å². The van der Waals surface area contributed by atoms with Crippen LogP contribution in [0.25, 0.3) is 0 Å². The molecule has 4 amide bonds. The summed E-state index contributed by atoms with van der Waals surface area (Å²) in [7, 11) is 0. The van der Waals surface area contributed by atoms with Gasteiger partial charge in [-0.3, -0.25) is 19.3 Å². The van der Waals surface area contributed by atoms with Crippen LogP contribution in [0.1, 0.15) is 40.0 Å². The number of urea groups is 1. The Morgan fingerprint density at radius 2 is 2.00 bits per heavy atom. The molecular formula is C19H24ClN3O5. The second kappa shape index (κ2) is 9.05. The van der Waals surface area contributed by atoms with Gasteiger partial charge < -0.3 is 15.4 Å². The van der Waals surface area contributed by atoms with Gasteiger partial charge in [0, 0.05) is 0 Å². The highest BCUT2D eigenvalue weighted by atomic mass is 35.5. The summed E-state index contributed by atoms with van der Waals surface area (Å²) in [5, 5.41) is 5.52. The second-order valence-corrected chi connectivity index (χ2v) is 7.27. The van der Waals surface area contributed by atoms with Crippen molar-refractivity contribution in [3.8, 4) is 0 Å². The number of carbonyl (C=O) groups excluding carboxylic acids is 4. The second-order valence-electron chi connectivity index (χ2n) is 6.86. The zero-order valence-electron chi connectivity index (χ0n) is 16.1. The summed E-state index contributed by atoms with van der Waals surface area (Å²) in [6.07, 6.45) is 0.992. The highest BCUT2D eigenvalue weighted by molar-refractivity contribution is 6.33. The Kier molecular flexibility index (Phi) is 7.01. The molecule has 1 fully saturated rings. The predicted octanol–water partition coefficient (Wildman–Crippen LogP) is 2.71. The molecule has 2 N–H and O–H groups in total. The first-order valence-corrected chi connectivity index (χ1v) is 9.44. The number of anilines is 1. The summed E-state index contributed by atoms with van der Waals surface area (Å²) in [4.78, 5) is 49.8. The predicted molar refractivity (Wildman–Crippen MR) is 104 cm³/mol. The standard InChI is InChI=1S/C19H24ClN3O5/c1-4-5-10-19(3)17(26)23(18(27)22-19)11-15(24)28-12(2)16(25)21-14-9-7-6-8-13(14)20/h6-9,12H,4-5,10-11H2,1-3H3,(H,21,25)(H,22,27)/t12-,19+/m0/s1. The molecule has 28 heavy (non-hydrogen) atoms. The minimum Gasteiger partial charge on any atom is -0.451 e. The van der Waals surface area contributed by atoms with E-state index in [1.54, 1.807) is 31.2 Å². The molecule has 0 radical (unpaired) electrons. The molecule has 1 aromatic rings. The van der Waals surface area contributed by atoms with Crippen molar-refractivity contribution < 1.29 is 23.9 Å². The van der Waals surface area contributed by atoms with Gasteiger partial charge in [0.15, 0.2) is 6.10 Å². The molecule has 2 rings (SSSR count). The lowest BCUT2D eigenvalue weighted by Crippen LogP contribution is -2.44. The number of ether oxygens (including phenoxy) is 1. The summed E-state index contributed by atoms with van der Waals surface area (Å²) in [6, 6.07) is 5.99. The van der Waals surface area contributed by atoms with Crippen molar-refractivity contribution in [2.24, 2.45) is 0 Å². The Balaban J connectivity index is 1.92. The summed E-state index contributed by atoms with van der Waals surface area (Å²) in [5.41, 5.74) is -0.640. The Bertz CT molecular complexity index is 785. The largest absolute Gasteiger partial charge is 0.451 e. The van der Waals surface area contributed by atoms with E-state index in [9.17, 15) is 19.2 Å². The lowest BCUT2D eigenvalue weighted by atomic mass is 9.95. The van der Waals surface area contributed by atoms with Crippen LogP contribution in [0.4, 0.5) is 10.5 Å². The quantitative estimate of drug-likeness (QED) is 0.507. The molecule has 9 heteroatoms. The minimum absolute atomic E-state index is 0.347. The van der Waals surface area contributed by atoms with Gasteiger partial charge in [0.1, 0.15) is 12.1 Å². The first-order chi connectivity index (χ1) is 13.2. The number of hydrogen-bond donors (Lipinski definition) is 2. The molecular weight excluding hydrogens is 386 g/mol. The molecule has 0 aromatic heterocycles. The van der Waals surface area contributed by atoms with Gasteiger partial charge >= 0.3 is 12.0 Å². The molecule has 0 unspecified atom stereocenters. The first kappa shape index (κ1) is 21.7. The van der Waals surface area contributed by atoms with E-state index >= 15 is 0 Å². The van der Waals surface area contributed by atoms with Crippen LogP contribution >= 0.6 is 11.6 Å². The van der Waals surface area contributed by atoms with Gasteiger partial charge in [-0.2, -0.15) is 0 Å². The van der Waals surface area contributed by atoms with Crippen LogP contribution in [0.5, 0.6) is 0 Å². The van der Waals surface area contributed by atoms with Crippen LogP contribution in [0.2, 0.25) is 5.02 Å². The normalized spacial score (nSPS) is 19.9. The topological polar surface area (TPSA) is 105 Å². The van der Waals surface area contributed by atoms with Gasteiger partial charge in [-0.05, 0) is 32.4 Å². The molecule has 8 nitrogen and oxygen atoms in total. The fraction of sp³-hybridized carbons (Fsp3) is 0.474. The van der Waals surface area contributed by atoms with Crippen LogP contribution in [-0.4, -0.2) is 46.9 Å². The van der Waals surface area contributed by atoms with Crippen LogP contribution in [0.3, 0.4) is 0 Å². The summed E-state index contributed by atoms with van der Waals surface area (Å²) in [5.74, 6) is -1.91. The number of nitrogens with one attached hydrogen (secondary N) is 2. The fourth-order valence-electron chi connectivity index (χ4n) is 2.80. The van der Waals surface area contributed by atoms with Crippen LogP contribution in [0, 0.1) is 0 Å². The Morgan fingerprint density at radius 3 is 2.64 bits per heavy atom. The lowest BCUT2D eigenvalue weighted by molar-refractivity contribution is -0.155. The number of esters is 1. The zero-order valence-corrected chi connectivity index (χ0v) is 16.8. The molecule has 0 aliphatic carbocycles. The molecule has 152 valence electrons. The van der Waals surface area contributed by atoms with Crippen molar-refractivity contribution in [1.29, 1.82) is 0 Å². The van der Waals surface area contributed by atoms with Crippen molar-refractivity contribution >= 4 is 41.1 Å². The molecule has 1 heterocycles. The molecule has 1 aliphatic heterocycles. The molecule has 1 aliphatic rings. The summed E-state index contributed by atoms with van der Waals surface area (Å²) in [6.45, 7) is 4.44. The monoisotopic (exact) mass is 409 g/mol. The van der Waals surface area contributed by atoms with E-state index < -0.39 is 42.0 Å². The van der Waals surface area contributed by atoms with Gasteiger partial charge in [0.05, 0.1) is 10.7 Å². The average molecular weight is 410 g/mol. The zero-order chi connectivity index (χ0) is 20.9. The third-order valence-corrected chi connectivity index (χ3v) is 4.80. The number of rotatable bonds is 8. The van der Waals surface area contributed by atoms with Crippen LogP contribution in [0.15, 0.2) is 24.3 Å². The van der Waals surface area contributed by atoms with E-state index in [4.69, 9.17) is 16.3 Å². The van der Waals surface area contributed by atoms with E-state index in [1.165, 1.54) is 6.92 Å². The molecule has 0 bridgehead atoms. The Labute approximate surface area is 168 Å². The fourth-order valence-corrected chi connectivity index (χ4v) is 2.99. The third-order valence-electron chi connectivity index (χ3n) is 4.47. The Hall–Kier alpha value is -2.61. The number of imide groups is 1. The van der Waals surface area contributed by atoms with Crippen molar-refractivity contribution in [2.75, 3.05) is 11.9 Å². The maximum absolute atomic E-state index is 12.5. The number of carbonyl (C=O) groups is 4. The highest BCUT2D eigenvalue weighted by Gasteiger charge is 2.48. The summed E-state index contributed by atoms with van der Waals surface area (Å²) >= 11 is 5.98. The number of para-hydroxylation sites is 1.